The lowest BCUT2D eigenvalue weighted by Gasteiger charge is -2.33. The van der Waals surface area contributed by atoms with Crippen molar-refractivity contribution >= 4 is 11.5 Å². The number of fused-ring (bicyclic) bond motifs is 1. The Labute approximate surface area is 147 Å². The maximum Gasteiger partial charge on any atom is 0.154 e. The molecular weight excluding hydrogens is 312 g/mol. The smallest absolute Gasteiger partial charge is 0.154 e. The predicted octanol–water partition coefficient (Wildman–Crippen LogP) is 3.08. The predicted molar refractivity (Wildman–Crippen MR) is 99.6 cm³/mol. The zero-order chi connectivity index (χ0) is 17.2. The van der Waals surface area contributed by atoms with Crippen molar-refractivity contribution in [3.63, 3.8) is 0 Å². The molecule has 0 saturated heterocycles. The fourth-order valence-electron chi connectivity index (χ4n) is 3.62. The summed E-state index contributed by atoms with van der Waals surface area (Å²) in [6, 6.07) is 9.21. The summed E-state index contributed by atoms with van der Waals surface area (Å²) < 4.78 is 1.91. The maximum absolute atomic E-state index is 4.77. The molecule has 130 valence electrons. The van der Waals surface area contributed by atoms with Gasteiger partial charge in [-0.1, -0.05) is 0 Å². The van der Waals surface area contributed by atoms with Gasteiger partial charge < -0.3 is 10.2 Å². The van der Waals surface area contributed by atoms with E-state index in [0.29, 0.717) is 12.1 Å². The Balaban J connectivity index is 1.53. The van der Waals surface area contributed by atoms with E-state index in [-0.39, 0.29) is 0 Å². The fraction of sp³-hybridized carbons (Fsp3) is 0.421. The summed E-state index contributed by atoms with van der Waals surface area (Å²) in [6.07, 6.45) is 10.3. The molecule has 0 amide bonds. The monoisotopic (exact) mass is 336 g/mol. The Morgan fingerprint density at radius 1 is 1.04 bits per heavy atom. The van der Waals surface area contributed by atoms with Crippen molar-refractivity contribution in [1.29, 1.82) is 0 Å². The Hall–Kier alpha value is -2.47. The Bertz CT molecular complexity index is 834. The van der Waals surface area contributed by atoms with Gasteiger partial charge in [0.05, 0.1) is 11.9 Å². The first-order valence-electron chi connectivity index (χ1n) is 8.89. The SMILES string of the molecule is CN(C)[C@H]1CC[C@H](Nc2ccc3ncc(-c4ccncc4)n3n2)CC1. The van der Waals surface area contributed by atoms with Gasteiger partial charge in [0.25, 0.3) is 0 Å². The number of aromatic nitrogens is 4. The normalized spacial score (nSPS) is 20.9. The van der Waals surface area contributed by atoms with Crippen molar-refractivity contribution in [2.24, 2.45) is 0 Å². The number of hydrogen-bond acceptors (Lipinski definition) is 5. The lowest BCUT2D eigenvalue weighted by molar-refractivity contribution is 0.221. The highest BCUT2D eigenvalue weighted by Crippen LogP contribution is 2.25. The molecule has 3 aromatic heterocycles. The van der Waals surface area contributed by atoms with Crippen LogP contribution in [0, 0.1) is 0 Å². The second kappa shape index (κ2) is 6.80. The minimum absolute atomic E-state index is 0.494. The maximum atomic E-state index is 4.77. The molecule has 0 spiro atoms. The summed E-state index contributed by atoms with van der Waals surface area (Å²) in [5.41, 5.74) is 2.91. The van der Waals surface area contributed by atoms with Crippen molar-refractivity contribution in [2.45, 2.75) is 37.8 Å². The number of rotatable bonds is 4. The van der Waals surface area contributed by atoms with Crippen LogP contribution in [0.1, 0.15) is 25.7 Å². The lowest BCUT2D eigenvalue weighted by Crippen LogP contribution is -2.36. The van der Waals surface area contributed by atoms with Gasteiger partial charge in [0.1, 0.15) is 5.82 Å². The van der Waals surface area contributed by atoms with E-state index in [2.05, 4.69) is 34.3 Å². The quantitative estimate of drug-likeness (QED) is 0.793. The average molecular weight is 336 g/mol. The summed E-state index contributed by atoms with van der Waals surface area (Å²) in [7, 11) is 4.35. The summed E-state index contributed by atoms with van der Waals surface area (Å²) in [6.45, 7) is 0. The Kier molecular flexibility index (Phi) is 4.36. The minimum atomic E-state index is 0.494. The van der Waals surface area contributed by atoms with E-state index in [1.54, 1.807) is 12.4 Å². The highest BCUT2D eigenvalue weighted by atomic mass is 15.3. The standard InChI is InChI=1S/C19H24N6/c1-24(2)16-5-3-15(4-6-16)22-18-7-8-19-21-13-17(25(19)23-18)14-9-11-20-12-10-14/h7-13,15-16H,3-6H2,1-2H3,(H,22,23)/t15-,16-. The second-order valence-electron chi connectivity index (χ2n) is 6.98. The molecule has 1 fully saturated rings. The van der Waals surface area contributed by atoms with Crippen LogP contribution < -0.4 is 5.32 Å². The van der Waals surface area contributed by atoms with E-state index < -0.39 is 0 Å². The van der Waals surface area contributed by atoms with E-state index in [0.717, 1.165) is 22.7 Å². The van der Waals surface area contributed by atoms with Crippen molar-refractivity contribution in [3.8, 4) is 11.3 Å². The first kappa shape index (κ1) is 16.0. The van der Waals surface area contributed by atoms with E-state index >= 15 is 0 Å². The van der Waals surface area contributed by atoms with Crippen molar-refractivity contribution in [1.82, 2.24) is 24.5 Å². The molecule has 1 aliphatic carbocycles. The minimum Gasteiger partial charge on any atom is -0.366 e. The first-order valence-corrected chi connectivity index (χ1v) is 8.89. The van der Waals surface area contributed by atoms with E-state index in [9.17, 15) is 0 Å². The molecule has 25 heavy (non-hydrogen) atoms. The van der Waals surface area contributed by atoms with Gasteiger partial charge in [-0.2, -0.15) is 0 Å². The van der Waals surface area contributed by atoms with E-state index in [1.807, 2.05) is 35.0 Å². The number of nitrogens with one attached hydrogen (secondary N) is 1. The van der Waals surface area contributed by atoms with Crippen molar-refractivity contribution in [3.05, 3.63) is 42.9 Å². The Morgan fingerprint density at radius 3 is 2.52 bits per heavy atom. The van der Waals surface area contributed by atoms with Crippen LogP contribution in [0.4, 0.5) is 5.82 Å². The largest absolute Gasteiger partial charge is 0.366 e. The van der Waals surface area contributed by atoms with Gasteiger partial charge in [-0.25, -0.2) is 9.50 Å². The average Bonchev–Trinajstić information content (AvgIpc) is 3.06. The zero-order valence-corrected chi connectivity index (χ0v) is 14.8. The molecule has 0 atom stereocenters. The van der Waals surface area contributed by atoms with Crippen LogP contribution in [0.25, 0.3) is 16.9 Å². The van der Waals surface area contributed by atoms with Gasteiger partial charge in [0.15, 0.2) is 5.65 Å². The van der Waals surface area contributed by atoms with Crippen LogP contribution in [-0.2, 0) is 0 Å². The molecule has 0 aliphatic heterocycles. The molecule has 6 nitrogen and oxygen atoms in total. The number of anilines is 1. The van der Waals surface area contributed by atoms with Gasteiger partial charge >= 0.3 is 0 Å². The van der Waals surface area contributed by atoms with Crippen molar-refractivity contribution in [2.75, 3.05) is 19.4 Å². The summed E-state index contributed by atoms with van der Waals surface area (Å²) in [5, 5.41) is 8.38. The Morgan fingerprint density at radius 2 is 1.80 bits per heavy atom. The van der Waals surface area contributed by atoms with E-state index in [4.69, 9.17) is 5.10 Å². The van der Waals surface area contributed by atoms with Gasteiger partial charge in [-0.05, 0) is 64.0 Å². The summed E-state index contributed by atoms with van der Waals surface area (Å²) >= 11 is 0. The van der Waals surface area contributed by atoms with E-state index in [1.165, 1.54) is 25.7 Å². The molecule has 4 rings (SSSR count). The van der Waals surface area contributed by atoms with Crippen molar-refractivity contribution < 1.29 is 0 Å². The molecule has 0 bridgehead atoms. The molecule has 6 heteroatoms. The summed E-state index contributed by atoms with van der Waals surface area (Å²) in [5.74, 6) is 0.911. The topological polar surface area (TPSA) is 58.3 Å². The number of pyridine rings is 1. The number of imidazole rings is 1. The number of nitrogens with zero attached hydrogens (tertiary/aromatic N) is 5. The van der Waals surface area contributed by atoms with Crippen LogP contribution in [0.5, 0.6) is 0 Å². The second-order valence-corrected chi connectivity index (χ2v) is 6.98. The zero-order valence-electron chi connectivity index (χ0n) is 14.8. The molecule has 3 aromatic rings. The third kappa shape index (κ3) is 3.35. The van der Waals surface area contributed by atoms with Gasteiger partial charge in [-0.15, -0.1) is 5.10 Å². The molecule has 1 N–H and O–H groups in total. The molecule has 1 saturated carbocycles. The highest BCUT2D eigenvalue weighted by Gasteiger charge is 2.22. The molecule has 1 aliphatic rings. The molecule has 0 aromatic carbocycles. The summed E-state index contributed by atoms with van der Waals surface area (Å²) in [4.78, 5) is 10.9. The first-order chi connectivity index (χ1) is 12.2. The highest BCUT2D eigenvalue weighted by molar-refractivity contribution is 5.63. The molecule has 0 radical (unpaired) electrons. The van der Waals surface area contributed by atoms with Crippen LogP contribution in [0.15, 0.2) is 42.9 Å². The van der Waals surface area contributed by atoms with Crippen LogP contribution in [-0.4, -0.2) is 50.7 Å². The third-order valence-electron chi connectivity index (χ3n) is 5.12. The van der Waals surface area contributed by atoms with Crippen LogP contribution in [0.3, 0.4) is 0 Å². The molecule has 3 heterocycles. The van der Waals surface area contributed by atoms with Gasteiger partial charge in [0, 0.05) is 30.0 Å². The van der Waals surface area contributed by atoms with Gasteiger partial charge in [-0.3, -0.25) is 4.98 Å². The fourth-order valence-corrected chi connectivity index (χ4v) is 3.62. The molecular formula is C19H24N6. The van der Waals surface area contributed by atoms with Crippen LogP contribution in [0.2, 0.25) is 0 Å². The van der Waals surface area contributed by atoms with Crippen LogP contribution >= 0.6 is 0 Å². The molecule has 0 unspecified atom stereocenters. The number of hydrogen-bond donors (Lipinski definition) is 1. The lowest BCUT2D eigenvalue weighted by atomic mass is 9.90. The van der Waals surface area contributed by atoms with Gasteiger partial charge in [0.2, 0.25) is 0 Å². The third-order valence-corrected chi connectivity index (χ3v) is 5.12.